The predicted octanol–water partition coefficient (Wildman–Crippen LogP) is 3.44. The normalized spacial score (nSPS) is 25.8. The average Bonchev–Trinajstić information content (AvgIpc) is 3.07. The zero-order valence-electron chi connectivity index (χ0n) is 18.5. The highest BCUT2D eigenvalue weighted by Gasteiger charge is 2.65. The minimum absolute atomic E-state index is 0.0831. The Labute approximate surface area is 192 Å². The van der Waals surface area contributed by atoms with Crippen LogP contribution in [-0.4, -0.2) is 47.5 Å². The fraction of sp³-hybridized carbons (Fsp3) is 0.455. The van der Waals surface area contributed by atoms with Crippen molar-refractivity contribution in [3.63, 3.8) is 0 Å². The van der Waals surface area contributed by atoms with Crippen LogP contribution in [0.2, 0.25) is 0 Å². The van der Waals surface area contributed by atoms with Crippen molar-refractivity contribution < 1.29 is 41.3 Å². The highest BCUT2D eigenvalue weighted by molar-refractivity contribution is 5.95. The Balaban J connectivity index is 2.01. The molecule has 1 aromatic heterocycles. The molecule has 1 fully saturated rings. The van der Waals surface area contributed by atoms with Gasteiger partial charge in [0.15, 0.2) is 17.2 Å². The van der Waals surface area contributed by atoms with Gasteiger partial charge in [-0.05, 0) is 25.1 Å². The number of nitrogens with two attached hydrogens (primary N) is 1. The average molecular weight is 489 g/mol. The molecule has 12 heteroatoms. The summed E-state index contributed by atoms with van der Waals surface area (Å²) in [5, 5.41) is 12.1. The smallest absolute Gasteiger partial charge is 0.417 e. The molecular formula is C22H24F5N3O4. The first-order chi connectivity index (χ1) is 15.9. The van der Waals surface area contributed by atoms with E-state index in [1.807, 2.05) is 0 Å². The maximum atomic E-state index is 14.4. The molecule has 186 valence electrons. The molecule has 1 amide bonds. The number of methoxy groups -OCH3 is 1. The summed E-state index contributed by atoms with van der Waals surface area (Å²) in [7, 11) is 1.04. The number of ether oxygens (including phenoxy) is 2. The summed E-state index contributed by atoms with van der Waals surface area (Å²) in [6.45, 7) is 1.94. The molecule has 1 saturated heterocycles. The molecular weight excluding hydrogens is 465 g/mol. The zero-order chi connectivity index (χ0) is 25.4. The van der Waals surface area contributed by atoms with Crippen LogP contribution in [-0.2, 0) is 9.53 Å². The quantitative estimate of drug-likeness (QED) is 0.537. The summed E-state index contributed by atoms with van der Waals surface area (Å²) in [6, 6.07) is 4.60. The number of aliphatic hydroxyl groups is 1. The van der Waals surface area contributed by atoms with Crippen molar-refractivity contribution in [3.8, 4) is 5.75 Å². The Kier molecular flexibility index (Phi) is 7.15. The lowest BCUT2D eigenvalue weighted by Gasteiger charge is -2.32. The summed E-state index contributed by atoms with van der Waals surface area (Å²) < 4.78 is 80.2. The second-order valence-electron chi connectivity index (χ2n) is 8.15. The van der Waals surface area contributed by atoms with Crippen LogP contribution >= 0.6 is 0 Å². The number of benzene rings is 1. The molecule has 4 N–H and O–H groups in total. The maximum Gasteiger partial charge on any atom is 0.417 e. The number of rotatable bonds is 6. The lowest BCUT2D eigenvalue weighted by atomic mass is 9.77. The van der Waals surface area contributed by atoms with E-state index in [2.05, 4.69) is 10.3 Å². The van der Waals surface area contributed by atoms with E-state index < -0.39 is 59.1 Å². The predicted molar refractivity (Wildman–Crippen MR) is 111 cm³/mol. The third kappa shape index (κ3) is 4.44. The van der Waals surface area contributed by atoms with Crippen molar-refractivity contribution in [3.05, 3.63) is 53.4 Å². The molecule has 1 aromatic carbocycles. The molecule has 0 aliphatic carbocycles. The number of pyridine rings is 1. The summed E-state index contributed by atoms with van der Waals surface area (Å²) >= 11 is 0. The number of carbonyl (C=O) groups is 1. The van der Waals surface area contributed by atoms with Gasteiger partial charge >= 0.3 is 6.18 Å². The molecule has 3 rings (SSSR count). The molecule has 1 aliphatic heterocycles. The number of amides is 1. The molecule has 0 saturated carbocycles. The lowest BCUT2D eigenvalue weighted by molar-refractivity contribution is -0.272. The Morgan fingerprint density at radius 3 is 2.53 bits per heavy atom. The van der Waals surface area contributed by atoms with E-state index in [0.29, 0.717) is 0 Å². The Morgan fingerprint density at radius 2 is 2.00 bits per heavy atom. The first kappa shape index (κ1) is 25.8. The van der Waals surface area contributed by atoms with Crippen LogP contribution in [0.1, 0.15) is 37.1 Å². The van der Waals surface area contributed by atoms with Crippen molar-refractivity contribution in [2.75, 3.05) is 19.0 Å². The van der Waals surface area contributed by atoms with E-state index in [-0.39, 0.29) is 23.5 Å². The van der Waals surface area contributed by atoms with E-state index in [9.17, 15) is 31.9 Å². The highest BCUT2D eigenvalue weighted by Crippen LogP contribution is 2.55. The molecule has 7 nitrogen and oxygen atoms in total. The van der Waals surface area contributed by atoms with Gasteiger partial charge in [0.05, 0.1) is 24.7 Å². The van der Waals surface area contributed by atoms with Gasteiger partial charge in [0.25, 0.3) is 5.91 Å². The second kappa shape index (κ2) is 9.43. The van der Waals surface area contributed by atoms with Gasteiger partial charge in [-0.3, -0.25) is 9.78 Å². The lowest BCUT2D eigenvalue weighted by Crippen LogP contribution is -2.47. The van der Waals surface area contributed by atoms with Gasteiger partial charge in [0.2, 0.25) is 5.82 Å². The van der Waals surface area contributed by atoms with Crippen molar-refractivity contribution >= 4 is 11.6 Å². The van der Waals surface area contributed by atoms with E-state index >= 15 is 0 Å². The second-order valence-corrected chi connectivity index (χ2v) is 8.15. The van der Waals surface area contributed by atoms with E-state index in [1.165, 1.54) is 25.3 Å². The van der Waals surface area contributed by atoms with Gasteiger partial charge in [-0.15, -0.1) is 0 Å². The summed E-state index contributed by atoms with van der Waals surface area (Å²) in [6.07, 6.45) is -6.43. The minimum Gasteiger partial charge on any atom is -0.493 e. The van der Waals surface area contributed by atoms with Gasteiger partial charge < -0.3 is 25.6 Å². The summed E-state index contributed by atoms with van der Waals surface area (Å²) in [5.74, 6) is -6.90. The van der Waals surface area contributed by atoms with Crippen LogP contribution < -0.4 is 15.8 Å². The van der Waals surface area contributed by atoms with Gasteiger partial charge in [0.1, 0.15) is 12.2 Å². The maximum absolute atomic E-state index is 14.4. The molecule has 0 unspecified atom stereocenters. The number of halogens is 5. The van der Waals surface area contributed by atoms with Crippen LogP contribution in [0.25, 0.3) is 0 Å². The first-order valence-corrected chi connectivity index (χ1v) is 10.3. The molecule has 0 spiro atoms. The molecule has 34 heavy (non-hydrogen) atoms. The number of nitrogens with one attached hydrogen (secondary N) is 1. The number of aliphatic hydroxyl groups excluding tert-OH is 1. The number of hydrogen-bond donors (Lipinski definition) is 3. The molecule has 0 bridgehead atoms. The molecule has 2 aromatic rings. The van der Waals surface area contributed by atoms with Crippen LogP contribution in [0.5, 0.6) is 5.75 Å². The molecule has 5 atom stereocenters. The number of anilines is 1. The number of nitrogens with zero attached hydrogens (tertiary/aromatic N) is 1. The third-order valence-electron chi connectivity index (χ3n) is 6.19. The van der Waals surface area contributed by atoms with Crippen molar-refractivity contribution in [1.82, 2.24) is 4.98 Å². The standard InChI is InChI=1S/C22H24F5N3O4/c1-10-16(12-5-6-13(23)17(24)18(12)33-3)19(34-21(10,2)22(25,26)27)20(32)30-11-4-7-14(29-9-11)15(31)8-28/h4-7,9-10,15-16,19,31H,8,28H2,1-3H3,(H,30,32)/t10-,15+,16-,19+,21+/m0/s1. The minimum atomic E-state index is -4.87. The number of aromatic nitrogens is 1. The van der Waals surface area contributed by atoms with Crippen molar-refractivity contribution in [2.45, 2.75) is 43.8 Å². The summed E-state index contributed by atoms with van der Waals surface area (Å²) in [5.41, 5.74) is 2.82. The fourth-order valence-corrected chi connectivity index (χ4v) is 4.05. The Bertz CT molecular complexity index is 1050. The van der Waals surface area contributed by atoms with Gasteiger partial charge in [0, 0.05) is 23.9 Å². The van der Waals surface area contributed by atoms with Crippen molar-refractivity contribution in [2.24, 2.45) is 11.7 Å². The largest absolute Gasteiger partial charge is 0.493 e. The topological polar surface area (TPSA) is 107 Å². The SMILES string of the molecule is COc1c([C@H]2[C@H](C(=O)Nc3ccc([C@H](O)CN)nc3)O[C@@](C)(C(F)(F)F)[C@H]2C)ccc(F)c1F. The van der Waals surface area contributed by atoms with Crippen LogP contribution in [0.15, 0.2) is 30.5 Å². The monoisotopic (exact) mass is 489 g/mol. The Hall–Kier alpha value is -2.83. The molecule has 0 radical (unpaired) electrons. The summed E-state index contributed by atoms with van der Waals surface area (Å²) in [4.78, 5) is 17.0. The third-order valence-corrected chi connectivity index (χ3v) is 6.19. The zero-order valence-corrected chi connectivity index (χ0v) is 18.5. The van der Waals surface area contributed by atoms with Crippen LogP contribution in [0.4, 0.5) is 27.6 Å². The van der Waals surface area contributed by atoms with Gasteiger partial charge in [-0.1, -0.05) is 13.0 Å². The number of hydrogen-bond acceptors (Lipinski definition) is 6. The highest BCUT2D eigenvalue weighted by atomic mass is 19.4. The van der Waals surface area contributed by atoms with Crippen molar-refractivity contribution in [1.29, 1.82) is 0 Å². The fourth-order valence-electron chi connectivity index (χ4n) is 4.05. The van der Waals surface area contributed by atoms with Crippen LogP contribution in [0.3, 0.4) is 0 Å². The Morgan fingerprint density at radius 1 is 1.32 bits per heavy atom. The first-order valence-electron chi connectivity index (χ1n) is 10.3. The van der Waals surface area contributed by atoms with Gasteiger partial charge in [-0.25, -0.2) is 4.39 Å². The van der Waals surface area contributed by atoms with Crippen LogP contribution in [0, 0.1) is 17.6 Å². The van der Waals surface area contributed by atoms with E-state index in [1.54, 1.807) is 0 Å². The molecule has 1 aliphatic rings. The van der Waals surface area contributed by atoms with Gasteiger partial charge in [-0.2, -0.15) is 17.6 Å². The number of carbonyl (C=O) groups excluding carboxylic acids is 1. The molecule has 2 heterocycles. The number of alkyl halides is 3. The van der Waals surface area contributed by atoms with E-state index in [4.69, 9.17) is 15.2 Å². The van der Waals surface area contributed by atoms with E-state index in [0.717, 1.165) is 26.2 Å².